The summed E-state index contributed by atoms with van der Waals surface area (Å²) < 4.78 is 11.7. The second kappa shape index (κ2) is 8.09. The molecule has 5 nitrogen and oxygen atoms in total. The zero-order valence-corrected chi connectivity index (χ0v) is 15.5. The monoisotopic (exact) mass is 346 g/mol. The van der Waals surface area contributed by atoms with Crippen LogP contribution in [0.4, 0.5) is 4.79 Å². The van der Waals surface area contributed by atoms with Gasteiger partial charge in [-0.3, -0.25) is 0 Å². The molecule has 2 fully saturated rings. The molecular formula is C20H30N2O3. The summed E-state index contributed by atoms with van der Waals surface area (Å²) in [5, 5.41) is 6.07. The van der Waals surface area contributed by atoms with Gasteiger partial charge in [-0.05, 0) is 64.0 Å². The minimum atomic E-state index is -0.113. The summed E-state index contributed by atoms with van der Waals surface area (Å²) in [6.07, 6.45) is 4.82. The normalized spacial score (nSPS) is 23.4. The highest BCUT2D eigenvalue weighted by molar-refractivity contribution is 5.74. The van der Waals surface area contributed by atoms with Gasteiger partial charge in [0.05, 0.1) is 12.2 Å². The number of ether oxygens (including phenoxy) is 2. The minimum Gasteiger partial charge on any atom is -0.491 e. The third kappa shape index (κ3) is 5.36. The van der Waals surface area contributed by atoms with E-state index in [2.05, 4.69) is 10.6 Å². The van der Waals surface area contributed by atoms with Crippen LogP contribution in [0, 0.1) is 12.8 Å². The summed E-state index contributed by atoms with van der Waals surface area (Å²) in [5.74, 6) is 1.56. The Balaban J connectivity index is 1.50. The van der Waals surface area contributed by atoms with Gasteiger partial charge in [0, 0.05) is 24.8 Å². The second-order valence-corrected chi connectivity index (χ2v) is 7.57. The van der Waals surface area contributed by atoms with E-state index in [4.69, 9.17) is 9.47 Å². The molecule has 5 heteroatoms. The largest absolute Gasteiger partial charge is 0.491 e. The predicted octanol–water partition coefficient (Wildman–Crippen LogP) is 3.54. The first-order valence-corrected chi connectivity index (χ1v) is 9.43. The number of aryl methyl sites for hydroxylation is 1. The smallest absolute Gasteiger partial charge is 0.315 e. The van der Waals surface area contributed by atoms with Crippen molar-refractivity contribution < 1.29 is 14.3 Å². The van der Waals surface area contributed by atoms with E-state index in [9.17, 15) is 4.79 Å². The molecule has 1 saturated carbocycles. The molecule has 138 valence electrons. The predicted molar refractivity (Wildman–Crippen MR) is 97.8 cm³/mol. The number of carbonyl (C=O) groups excluding carboxylic acids is 1. The van der Waals surface area contributed by atoms with E-state index >= 15 is 0 Å². The van der Waals surface area contributed by atoms with Gasteiger partial charge in [-0.25, -0.2) is 4.79 Å². The van der Waals surface area contributed by atoms with E-state index in [0.29, 0.717) is 12.6 Å². The van der Waals surface area contributed by atoms with Crippen molar-refractivity contribution >= 4 is 6.03 Å². The standard InChI is InChI=1S/C20H30N2O3/c1-13(2)25-19-10-14(3)4-5-16(19)12-21-20(23)22-17-8-9-24-18(11-17)15-6-7-15/h4-5,10,13,15,17-18H,6-9,11-12H2,1-3H3,(H2,21,22,23)/t17-,18-/m1/s1. The van der Waals surface area contributed by atoms with E-state index in [-0.39, 0.29) is 18.2 Å². The van der Waals surface area contributed by atoms with Crippen molar-refractivity contribution in [1.82, 2.24) is 10.6 Å². The molecular weight excluding hydrogens is 316 g/mol. The first kappa shape index (κ1) is 18.1. The number of urea groups is 1. The highest BCUT2D eigenvalue weighted by Crippen LogP contribution is 2.38. The lowest BCUT2D eigenvalue weighted by molar-refractivity contribution is -0.00914. The van der Waals surface area contributed by atoms with Gasteiger partial charge < -0.3 is 20.1 Å². The average molecular weight is 346 g/mol. The molecule has 2 amide bonds. The highest BCUT2D eigenvalue weighted by atomic mass is 16.5. The molecule has 0 unspecified atom stereocenters. The summed E-state index contributed by atoms with van der Waals surface area (Å²) in [6.45, 7) is 7.26. The zero-order chi connectivity index (χ0) is 17.8. The van der Waals surface area contributed by atoms with Crippen LogP contribution in [0.1, 0.15) is 50.7 Å². The molecule has 3 rings (SSSR count). The Kier molecular flexibility index (Phi) is 5.84. The van der Waals surface area contributed by atoms with Crippen LogP contribution in [0.5, 0.6) is 5.75 Å². The minimum absolute atomic E-state index is 0.107. The Morgan fingerprint density at radius 2 is 2.12 bits per heavy atom. The van der Waals surface area contributed by atoms with E-state index in [1.54, 1.807) is 0 Å². The fraction of sp³-hybridized carbons (Fsp3) is 0.650. The van der Waals surface area contributed by atoms with E-state index in [1.165, 1.54) is 12.8 Å². The Bertz CT molecular complexity index is 599. The number of benzene rings is 1. The Hall–Kier alpha value is -1.75. The van der Waals surface area contributed by atoms with Crippen LogP contribution in [0.25, 0.3) is 0 Å². The molecule has 0 radical (unpaired) electrons. The van der Waals surface area contributed by atoms with Crippen molar-refractivity contribution in [2.75, 3.05) is 6.61 Å². The molecule has 1 heterocycles. The van der Waals surface area contributed by atoms with Gasteiger partial charge in [-0.1, -0.05) is 12.1 Å². The summed E-state index contributed by atoms with van der Waals surface area (Å²) >= 11 is 0. The maximum Gasteiger partial charge on any atom is 0.315 e. The first-order chi connectivity index (χ1) is 12.0. The van der Waals surface area contributed by atoms with E-state index < -0.39 is 0 Å². The SMILES string of the molecule is Cc1ccc(CNC(=O)N[C@@H]2CCO[C@@H](C3CC3)C2)c(OC(C)C)c1. The van der Waals surface area contributed by atoms with Crippen LogP contribution in [-0.2, 0) is 11.3 Å². The van der Waals surface area contributed by atoms with Crippen molar-refractivity contribution in [3.8, 4) is 5.75 Å². The van der Waals surface area contributed by atoms with Gasteiger partial charge in [0.15, 0.2) is 0 Å². The van der Waals surface area contributed by atoms with Gasteiger partial charge in [-0.2, -0.15) is 0 Å². The van der Waals surface area contributed by atoms with E-state index in [1.807, 2.05) is 39.0 Å². The molecule has 1 saturated heterocycles. The van der Waals surface area contributed by atoms with Gasteiger partial charge in [0.2, 0.25) is 0 Å². The average Bonchev–Trinajstić information content (AvgIpc) is 3.39. The van der Waals surface area contributed by atoms with Crippen LogP contribution in [0.2, 0.25) is 0 Å². The number of hydrogen-bond donors (Lipinski definition) is 2. The maximum absolute atomic E-state index is 12.3. The fourth-order valence-electron chi connectivity index (χ4n) is 3.34. The lowest BCUT2D eigenvalue weighted by Gasteiger charge is -2.30. The highest BCUT2D eigenvalue weighted by Gasteiger charge is 2.36. The summed E-state index contributed by atoms with van der Waals surface area (Å²) in [6, 6.07) is 6.18. The fourth-order valence-corrected chi connectivity index (χ4v) is 3.34. The quantitative estimate of drug-likeness (QED) is 0.828. The molecule has 0 aromatic heterocycles. The van der Waals surface area contributed by atoms with Crippen LogP contribution >= 0.6 is 0 Å². The molecule has 2 atom stereocenters. The molecule has 2 N–H and O–H groups in total. The van der Waals surface area contributed by atoms with Gasteiger partial charge in [0.1, 0.15) is 5.75 Å². The van der Waals surface area contributed by atoms with Crippen molar-refractivity contribution in [3.63, 3.8) is 0 Å². The molecule has 0 spiro atoms. The van der Waals surface area contributed by atoms with Crippen LogP contribution in [-0.4, -0.2) is 30.9 Å². The lowest BCUT2D eigenvalue weighted by Crippen LogP contribution is -2.46. The van der Waals surface area contributed by atoms with Crippen LogP contribution in [0.3, 0.4) is 0 Å². The molecule has 1 aliphatic heterocycles. The number of carbonyl (C=O) groups is 1. The third-order valence-electron chi connectivity index (χ3n) is 4.82. The van der Waals surface area contributed by atoms with Crippen molar-refractivity contribution in [2.45, 2.75) is 71.2 Å². The van der Waals surface area contributed by atoms with Crippen molar-refractivity contribution in [1.29, 1.82) is 0 Å². The molecule has 1 aliphatic carbocycles. The number of amides is 2. The first-order valence-electron chi connectivity index (χ1n) is 9.43. The maximum atomic E-state index is 12.3. The van der Waals surface area contributed by atoms with Gasteiger partial charge in [0.25, 0.3) is 0 Å². The van der Waals surface area contributed by atoms with Gasteiger partial charge >= 0.3 is 6.03 Å². The number of hydrogen-bond acceptors (Lipinski definition) is 3. The zero-order valence-electron chi connectivity index (χ0n) is 15.5. The molecule has 0 bridgehead atoms. The lowest BCUT2D eigenvalue weighted by atomic mass is 10.0. The number of rotatable bonds is 6. The Morgan fingerprint density at radius 1 is 1.32 bits per heavy atom. The molecule has 1 aromatic carbocycles. The Labute approximate surface area is 150 Å². The topological polar surface area (TPSA) is 59.6 Å². The summed E-state index contributed by atoms with van der Waals surface area (Å²) in [4.78, 5) is 12.3. The molecule has 2 aliphatic rings. The van der Waals surface area contributed by atoms with Crippen molar-refractivity contribution in [3.05, 3.63) is 29.3 Å². The summed E-state index contributed by atoms with van der Waals surface area (Å²) in [7, 11) is 0. The molecule has 1 aromatic rings. The van der Waals surface area contributed by atoms with Crippen LogP contribution < -0.4 is 15.4 Å². The van der Waals surface area contributed by atoms with Crippen LogP contribution in [0.15, 0.2) is 18.2 Å². The third-order valence-corrected chi connectivity index (χ3v) is 4.82. The van der Waals surface area contributed by atoms with Gasteiger partial charge in [-0.15, -0.1) is 0 Å². The second-order valence-electron chi connectivity index (χ2n) is 7.57. The Morgan fingerprint density at radius 3 is 2.84 bits per heavy atom. The summed E-state index contributed by atoms with van der Waals surface area (Å²) in [5.41, 5.74) is 2.15. The van der Waals surface area contributed by atoms with Crippen molar-refractivity contribution in [2.24, 2.45) is 5.92 Å². The van der Waals surface area contributed by atoms with E-state index in [0.717, 1.165) is 42.2 Å². The number of nitrogens with one attached hydrogen (secondary N) is 2. The molecule has 25 heavy (non-hydrogen) atoms.